The summed E-state index contributed by atoms with van der Waals surface area (Å²) in [6.45, 7) is 0. The fourth-order valence-electron chi connectivity index (χ4n) is 1.93. The van der Waals surface area contributed by atoms with Gasteiger partial charge in [0, 0.05) is 0 Å². The lowest BCUT2D eigenvalue weighted by Crippen LogP contribution is -2.04. The van der Waals surface area contributed by atoms with Crippen LogP contribution in [0, 0.1) is 9.81 Å². The van der Waals surface area contributed by atoms with Crippen molar-refractivity contribution in [3.05, 3.63) is 9.81 Å². The summed E-state index contributed by atoms with van der Waals surface area (Å²) in [6, 6.07) is 0. The van der Waals surface area contributed by atoms with Gasteiger partial charge >= 0.3 is 15.2 Å². The molecule has 130 valence electrons. The minimum Gasteiger partial charge on any atom is -0.323 e. The van der Waals surface area contributed by atoms with Crippen LogP contribution >= 0.6 is 15.2 Å². The van der Waals surface area contributed by atoms with Crippen molar-refractivity contribution < 1.29 is 28.7 Å². The largest absolute Gasteiger partial charge is 0.353 e. The van der Waals surface area contributed by atoms with E-state index in [9.17, 15) is 18.9 Å². The van der Waals surface area contributed by atoms with Crippen molar-refractivity contribution in [2.45, 2.75) is 62.9 Å². The Morgan fingerprint density at radius 3 is 1.14 bits per heavy atom. The lowest BCUT2D eigenvalue weighted by atomic mass is 10.1. The molecule has 0 amide bonds. The molecule has 12 heteroatoms. The molecular weight excluding hydrogens is 338 g/mol. The van der Waals surface area contributed by atoms with E-state index in [4.69, 9.17) is 19.6 Å². The average Bonchev–Trinajstić information content (AvgIpc) is 2.38. The second-order valence-corrected chi connectivity index (χ2v) is 8.60. The highest BCUT2D eigenvalue weighted by molar-refractivity contribution is 7.52. The third kappa shape index (κ3) is 9.50. The van der Waals surface area contributed by atoms with E-state index in [-0.39, 0.29) is 12.8 Å². The van der Waals surface area contributed by atoms with Gasteiger partial charge in [0.1, 0.15) is 0 Å². The Hall–Kier alpha value is -0.500. The molecule has 0 aromatic heterocycles. The van der Waals surface area contributed by atoms with Crippen LogP contribution in [-0.2, 0) is 9.13 Å². The predicted molar refractivity (Wildman–Crippen MR) is 80.2 cm³/mol. The molecule has 0 bridgehead atoms. The van der Waals surface area contributed by atoms with Gasteiger partial charge in [-0.25, -0.2) is 0 Å². The smallest absolute Gasteiger partial charge is 0.323 e. The van der Waals surface area contributed by atoms with Gasteiger partial charge < -0.3 is 19.6 Å². The standard InChI is InChI=1S/C10H22N2O8P2/c13-11-9(21(15,16)17)7-5-3-1-2-4-6-8-10(12-14)22(18,19)20/h9-10H,1-8H2,(H2,15,16,17)(H2,18,19,20). The van der Waals surface area contributed by atoms with Gasteiger partial charge in [0.2, 0.25) is 0 Å². The normalized spacial score (nSPS) is 15.3. The van der Waals surface area contributed by atoms with Gasteiger partial charge in [0.05, 0.1) is 0 Å². The van der Waals surface area contributed by atoms with Gasteiger partial charge in [-0.3, -0.25) is 9.13 Å². The third-order valence-electron chi connectivity index (χ3n) is 3.19. The van der Waals surface area contributed by atoms with E-state index in [0.717, 1.165) is 12.8 Å². The van der Waals surface area contributed by atoms with Crippen molar-refractivity contribution in [3.63, 3.8) is 0 Å². The molecule has 4 N–H and O–H groups in total. The molecule has 0 fully saturated rings. The van der Waals surface area contributed by atoms with Gasteiger partial charge in [-0.1, -0.05) is 48.9 Å². The van der Waals surface area contributed by atoms with Gasteiger partial charge in [0.15, 0.2) is 11.6 Å². The van der Waals surface area contributed by atoms with E-state index < -0.39 is 26.8 Å². The molecule has 0 aromatic carbocycles. The van der Waals surface area contributed by atoms with Gasteiger partial charge in [0.25, 0.3) is 0 Å². The first-order valence-corrected chi connectivity index (χ1v) is 10.2. The Balaban J connectivity index is 3.71. The zero-order chi connectivity index (χ0) is 17.2. The Kier molecular flexibility index (Phi) is 10.1. The molecular formula is C10H22N2O8P2. The summed E-state index contributed by atoms with van der Waals surface area (Å²) < 4.78 is 21.7. The molecule has 0 saturated heterocycles. The minimum absolute atomic E-state index is 0.0309. The quantitative estimate of drug-likeness (QED) is 0.220. The first-order chi connectivity index (χ1) is 10.1. The van der Waals surface area contributed by atoms with Crippen molar-refractivity contribution in [3.8, 4) is 0 Å². The van der Waals surface area contributed by atoms with Crippen LogP contribution in [0.2, 0.25) is 0 Å². The predicted octanol–water partition coefficient (Wildman–Crippen LogP) is 2.65. The highest BCUT2D eigenvalue weighted by Crippen LogP contribution is 2.45. The van der Waals surface area contributed by atoms with Gasteiger partial charge in [-0.15, -0.1) is 9.81 Å². The van der Waals surface area contributed by atoms with Gasteiger partial charge in [-0.05, 0) is 12.8 Å². The number of unbranched alkanes of at least 4 members (excludes halogenated alkanes) is 5. The van der Waals surface area contributed by atoms with Gasteiger partial charge in [-0.2, -0.15) is 0 Å². The molecule has 0 heterocycles. The molecule has 0 radical (unpaired) electrons. The molecule has 0 aliphatic rings. The Morgan fingerprint density at radius 2 is 0.909 bits per heavy atom. The zero-order valence-electron chi connectivity index (χ0n) is 12.0. The number of hydrogen-bond donors (Lipinski definition) is 4. The van der Waals surface area contributed by atoms with Crippen LogP contribution in [0.5, 0.6) is 0 Å². The Morgan fingerprint density at radius 1 is 0.636 bits per heavy atom. The maximum Gasteiger partial charge on any atom is 0.353 e. The number of nitrogens with zero attached hydrogens (tertiary/aromatic N) is 2. The summed E-state index contributed by atoms with van der Waals surface area (Å²) in [5, 5.41) is 4.86. The molecule has 0 saturated carbocycles. The van der Waals surface area contributed by atoms with E-state index >= 15 is 0 Å². The number of nitroso groups, excluding NO2 is 2. The first kappa shape index (κ1) is 21.5. The van der Waals surface area contributed by atoms with Crippen molar-refractivity contribution in [1.82, 2.24) is 0 Å². The molecule has 0 spiro atoms. The fraction of sp³-hybridized carbons (Fsp3) is 1.00. The van der Waals surface area contributed by atoms with Crippen LogP contribution in [0.15, 0.2) is 10.4 Å². The van der Waals surface area contributed by atoms with E-state index in [1.54, 1.807) is 0 Å². The summed E-state index contributed by atoms with van der Waals surface area (Å²) in [4.78, 5) is 55.8. The molecule has 0 aliphatic carbocycles. The van der Waals surface area contributed by atoms with Crippen LogP contribution in [0.3, 0.4) is 0 Å². The van der Waals surface area contributed by atoms with E-state index in [0.29, 0.717) is 25.7 Å². The monoisotopic (exact) mass is 360 g/mol. The van der Waals surface area contributed by atoms with Crippen LogP contribution in [-0.4, -0.2) is 31.1 Å². The lowest BCUT2D eigenvalue weighted by Gasteiger charge is -2.11. The van der Waals surface area contributed by atoms with Crippen molar-refractivity contribution in [2.75, 3.05) is 0 Å². The van der Waals surface area contributed by atoms with Crippen molar-refractivity contribution in [1.29, 1.82) is 0 Å². The fourth-order valence-corrected chi connectivity index (χ4v) is 3.21. The second kappa shape index (κ2) is 10.3. The molecule has 0 aliphatic heterocycles. The lowest BCUT2D eigenvalue weighted by molar-refractivity contribution is 0.350. The summed E-state index contributed by atoms with van der Waals surface area (Å²) >= 11 is 0. The van der Waals surface area contributed by atoms with Crippen molar-refractivity contribution >= 4 is 15.2 Å². The Labute approximate surface area is 128 Å². The summed E-state index contributed by atoms with van der Waals surface area (Å²) in [6.07, 6.45) is 3.82. The minimum atomic E-state index is -4.47. The maximum atomic E-state index is 10.8. The first-order valence-electron chi connectivity index (χ1n) is 6.88. The molecule has 0 rings (SSSR count). The van der Waals surface area contributed by atoms with E-state index in [1.807, 2.05) is 0 Å². The highest BCUT2D eigenvalue weighted by atomic mass is 31.2. The number of rotatable bonds is 13. The third-order valence-corrected chi connectivity index (χ3v) is 5.45. The van der Waals surface area contributed by atoms with Crippen LogP contribution in [0.1, 0.15) is 51.4 Å². The molecule has 2 atom stereocenters. The molecule has 22 heavy (non-hydrogen) atoms. The van der Waals surface area contributed by atoms with Crippen molar-refractivity contribution in [2.24, 2.45) is 10.4 Å². The summed E-state index contributed by atoms with van der Waals surface area (Å²) in [5.74, 6) is -2.98. The maximum absolute atomic E-state index is 10.8. The highest BCUT2D eigenvalue weighted by Gasteiger charge is 2.30. The molecule has 10 nitrogen and oxygen atoms in total. The van der Waals surface area contributed by atoms with Crippen LogP contribution < -0.4 is 0 Å². The topological polar surface area (TPSA) is 174 Å². The van der Waals surface area contributed by atoms with Crippen LogP contribution in [0.4, 0.5) is 0 Å². The zero-order valence-corrected chi connectivity index (χ0v) is 13.8. The SMILES string of the molecule is O=NC(CCCCCCCCC(N=O)P(=O)(O)O)P(=O)(O)O. The molecule has 0 aromatic rings. The number of hydrogen-bond acceptors (Lipinski definition) is 6. The average molecular weight is 360 g/mol. The molecule has 2 unspecified atom stereocenters. The van der Waals surface area contributed by atoms with E-state index in [1.165, 1.54) is 0 Å². The summed E-state index contributed by atoms with van der Waals surface area (Å²) in [7, 11) is -8.93. The van der Waals surface area contributed by atoms with Crippen LogP contribution in [0.25, 0.3) is 0 Å². The Bertz CT molecular complexity index is 395. The second-order valence-electron chi connectivity index (χ2n) is 5.05. The summed E-state index contributed by atoms with van der Waals surface area (Å²) in [5.41, 5.74) is 0. The van der Waals surface area contributed by atoms with E-state index in [2.05, 4.69) is 10.4 Å².